The summed E-state index contributed by atoms with van der Waals surface area (Å²) in [5, 5.41) is 8.48. The number of nitrogens with two attached hydrogens (primary N) is 1. The second-order valence-corrected chi connectivity index (χ2v) is 3.42. The lowest BCUT2D eigenvalue weighted by molar-refractivity contribution is -0.142. The van der Waals surface area contributed by atoms with Gasteiger partial charge in [-0.3, -0.25) is 9.59 Å². The minimum Gasteiger partial charge on any atom is -0.481 e. The minimum atomic E-state index is -1.05. The number of carbonyl (C=O) groups is 2. The van der Waals surface area contributed by atoms with Crippen molar-refractivity contribution in [3.63, 3.8) is 0 Å². The highest BCUT2D eigenvalue weighted by Crippen LogP contribution is 2.02. The standard InChI is InChI=1S/C9H18N2O3/c1-4-11(6(2)3)9(14)7(10)5-8(12)13/h6-7H,4-5,10H2,1-3H3,(H,12,13). The zero-order valence-electron chi connectivity index (χ0n) is 8.86. The van der Waals surface area contributed by atoms with Gasteiger partial charge in [-0.2, -0.15) is 0 Å². The van der Waals surface area contributed by atoms with Gasteiger partial charge >= 0.3 is 5.97 Å². The predicted octanol–water partition coefficient (Wildman–Crippen LogP) is 0.0453. The average molecular weight is 202 g/mol. The smallest absolute Gasteiger partial charge is 0.305 e. The Morgan fingerprint density at radius 3 is 2.21 bits per heavy atom. The molecule has 0 saturated heterocycles. The first kappa shape index (κ1) is 12.9. The van der Waals surface area contributed by atoms with E-state index in [0.29, 0.717) is 6.54 Å². The highest BCUT2D eigenvalue weighted by Gasteiger charge is 2.23. The number of hydrogen-bond acceptors (Lipinski definition) is 3. The van der Waals surface area contributed by atoms with Gasteiger partial charge < -0.3 is 15.7 Å². The van der Waals surface area contributed by atoms with Gasteiger partial charge in [0.05, 0.1) is 12.5 Å². The van der Waals surface area contributed by atoms with Gasteiger partial charge in [0.15, 0.2) is 0 Å². The lowest BCUT2D eigenvalue weighted by atomic mass is 10.1. The summed E-state index contributed by atoms with van der Waals surface area (Å²) in [6.45, 7) is 6.12. The Hall–Kier alpha value is -1.10. The number of rotatable bonds is 5. The van der Waals surface area contributed by atoms with Crippen LogP contribution in [0, 0.1) is 0 Å². The maximum absolute atomic E-state index is 11.6. The SMILES string of the molecule is CCN(C(=O)C(N)CC(=O)O)C(C)C. The predicted molar refractivity (Wildman–Crippen MR) is 52.8 cm³/mol. The van der Waals surface area contributed by atoms with Gasteiger partial charge in [0.2, 0.25) is 5.91 Å². The zero-order valence-corrected chi connectivity index (χ0v) is 8.86. The molecular formula is C9H18N2O3. The van der Waals surface area contributed by atoms with Crippen LogP contribution in [0.4, 0.5) is 0 Å². The Labute approximate surface area is 83.9 Å². The van der Waals surface area contributed by atoms with Crippen molar-refractivity contribution in [2.75, 3.05) is 6.54 Å². The minimum absolute atomic E-state index is 0.0485. The van der Waals surface area contributed by atoms with Crippen molar-refractivity contribution >= 4 is 11.9 Å². The fourth-order valence-electron chi connectivity index (χ4n) is 1.26. The van der Waals surface area contributed by atoms with E-state index in [1.54, 1.807) is 4.90 Å². The summed E-state index contributed by atoms with van der Waals surface area (Å²) in [6.07, 6.45) is -0.317. The van der Waals surface area contributed by atoms with Crippen molar-refractivity contribution in [3.05, 3.63) is 0 Å². The molecule has 1 unspecified atom stereocenters. The number of hydrogen-bond donors (Lipinski definition) is 2. The van der Waals surface area contributed by atoms with Gasteiger partial charge in [0, 0.05) is 12.6 Å². The molecular weight excluding hydrogens is 184 g/mol. The lowest BCUT2D eigenvalue weighted by Crippen LogP contribution is -2.47. The molecule has 0 aliphatic rings. The summed E-state index contributed by atoms with van der Waals surface area (Å²) < 4.78 is 0. The second-order valence-electron chi connectivity index (χ2n) is 3.42. The average Bonchev–Trinajstić information content (AvgIpc) is 2.03. The molecule has 0 aliphatic heterocycles. The molecule has 3 N–H and O–H groups in total. The second kappa shape index (κ2) is 5.59. The molecule has 0 rings (SSSR count). The number of carbonyl (C=O) groups excluding carboxylic acids is 1. The third kappa shape index (κ3) is 3.74. The van der Waals surface area contributed by atoms with E-state index in [1.165, 1.54) is 0 Å². The van der Waals surface area contributed by atoms with E-state index in [1.807, 2.05) is 20.8 Å². The molecule has 0 fully saturated rings. The van der Waals surface area contributed by atoms with Crippen LogP contribution in [0.25, 0.3) is 0 Å². The lowest BCUT2D eigenvalue weighted by Gasteiger charge is -2.27. The normalized spacial score (nSPS) is 12.6. The highest BCUT2D eigenvalue weighted by atomic mass is 16.4. The van der Waals surface area contributed by atoms with Gasteiger partial charge in [-0.15, -0.1) is 0 Å². The van der Waals surface area contributed by atoms with Crippen molar-refractivity contribution in [3.8, 4) is 0 Å². The van der Waals surface area contributed by atoms with Crippen molar-refractivity contribution in [1.29, 1.82) is 0 Å². The monoisotopic (exact) mass is 202 g/mol. The summed E-state index contributed by atoms with van der Waals surface area (Å²) in [5.74, 6) is -1.35. The fraction of sp³-hybridized carbons (Fsp3) is 0.778. The molecule has 0 radical (unpaired) electrons. The van der Waals surface area contributed by atoms with Gasteiger partial charge in [-0.05, 0) is 20.8 Å². The van der Waals surface area contributed by atoms with E-state index in [9.17, 15) is 9.59 Å². The molecule has 0 bridgehead atoms. The van der Waals surface area contributed by atoms with Crippen LogP contribution in [0.5, 0.6) is 0 Å². The van der Waals surface area contributed by atoms with E-state index in [-0.39, 0.29) is 18.4 Å². The quantitative estimate of drug-likeness (QED) is 0.659. The van der Waals surface area contributed by atoms with Crippen LogP contribution in [0.1, 0.15) is 27.2 Å². The van der Waals surface area contributed by atoms with Crippen LogP contribution in [-0.4, -0.2) is 40.5 Å². The molecule has 5 heteroatoms. The molecule has 14 heavy (non-hydrogen) atoms. The topological polar surface area (TPSA) is 83.6 Å². The van der Waals surface area contributed by atoms with Gasteiger partial charge in [0.1, 0.15) is 0 Å². The summed E-state index contributed by atoms with van der Waals surface area (Å²) in [4.78, 5) is 23.5. The molecule has 0 aromatic heterocycles. The molecule has 0 saturated carbocycles. The third-order valence-electron chi connectivity index (χ3n) is 1.96. The molecule has 0 spiro atoms. The van der Waals surface area contributed by atoms with Crippen LogP contribution in [0.2, 0.25) is 0 Å². The third-order valence-corrected chi connectivity index (χ3v) is 1.96. The Morgan fingerprint density at radius 2 is 1.93 bits per heavy atom. The van der Waals surface area contributed by atoms with Gasteiger partial charge in [-0.1, -0.05) is 0 Å². The first-order valence-corrected chi connectivity index (χ1v) is 4.68. The van der Waals surface area contributed by atoms with Gasteiger partial charge in [-0.25, -0.2) is 0 Å². The number of aliphatic carboxylic acids is 1. The number of amides is 1. The van der Waals surface area contributed by atoms with E-state index in [0.717, 1.165) is 0 Å². The first-order valence-electron chi connectivity index (χ1n) is 4.68. The molecule has 0 heterocycles. The van der Waals surface area contributed by atoms with E-state index >= 15 is 0 Å². The summed E-state index contributed by atoms with van der Waals surface area (Å²) >= 11 is 0. The molecule has 1 atom stereocenters. The fourth-order valence-corrected chi connectivity index (χ4v) is 1.26. The van der Waals surface area contributed by atoms with Crippen molar-refractivity contribution in [2.45, 2.75) is 39.3 Å². The summed E-state index contributed by atoms with van der Waals surface area (Å²) in [7, 11) is 0. The molecule has 82 valence electrons. The highest BCUT2D eigenvalue weighted by molar-refractivity contribution is 5.86. The zero-order chi connectivity index (χ0) is 11.3. The summed E-state index contributed by atoms with van der Waals surface area (Å²) in [6, 6.07) is -0.887. The molecule has 0 aromatic carbocycles. The Bertz CT molecular complexity index is 216. The number of nitrogens with zero attached hydrogens (tertiary/aromatic N) is 1. The number of carboxylic acid groups (broad SMARTS) is 1. The van der Waals surface area contributed by atoms with Crippen molar-refractivity contribution < 1.29 is 14.7 Å². The van der Waals surface area contributed by atoms with E-state index in [4.69, 9.17) is 10.8 Å². The number of likely N-dealkylation sites (N-methyl/N-ethyl adjacent to an activating group) is 1. The van der Waals surface area contributed by atoms with Crippen LogP contribution in [0.15, 0.2) is 0 Å². The first-order chi connectivity index (χ1) is 6.40. The molecule has 0 aliphatic carbocycles. The molecule has 0 aromatic rings. The van der Waals surface area contributed by atoms with Crippen LogP contribution in [0.3, 0.4) is 0 Å². The van der Waals surface area contributed by atoms with E-state index < -0.39 is 12.0 Å². The van der Waals surface area contributed by atoms with Crippen LogP contribution < -0.4 is 5.73 Å². The van der Waals surface area contributed by atoms with Crippen LogP contribution in [-0.2, 0) is 9.59 Å². The summed E-state index contributed by atoms with van der Waals surface area (Å²) in [5.41, 5.74) is 5.46. The van der Waals surface area contributed by atoms with Crippen molar-refractivity contribution in [1.82, 2.24) is 4.90 Å². The van der Waals surface area contributed by atoms with Crippen LogP contribution >= 0.6 is 0 Å². The largest absolute Gasteiger partial charge is 0.481 e. The molecule has 1 amide bonds. The number of carboxylic acids is 1. The Kier molecular flexibility index (Phi) is 5.15. The molecule has 5 nitrogen and oxygen atoms in total. The Balaban J connectivity index is 4.34. The van der Waals surface area contributed by atoms with Gasteiger partial charge in [0.25, 0.3) is 0 Å². The van der Waals surface area contributed by atoms with Crippen molar-refractivity contribution in [2.24, 2.45) is 5.73 Å². The maximum Gasteiger partial charge on any atom is 0.305 e. The maximum atomic E-state index is 11.6. The van der Waals surface area contributed by atoms with E-state index in [2.05, 4.69) is 0 Å². The Morgan fingerprint density at radius 1 is 1.43 bits per heavy atom.